The summed E-state index contributed by atoms with van der Waals surface area (Å²) >= 11 is 7.78. The Balaban J connectivity index is 2.02. The zero-order valence-electron chi connectivity index (χ0n) is 13.0. The molecule has 114 valence electrons. The van der Waals surface area contributed by atoms with Crippen molar-refractivity contribution in [2.24, 2.45) is 11.8 Å². The van der Waals surface area contributed by atoms with Crippen molar-refractivity contribution in [3.63, 3.8) is 0 Å². The molecule has 0 bridgehead atoms. The van der Waals surface area contributed by atoms with Crippen LogP contribution in [0.15, 0.2) is 12.1 Å². The topological polar surface area (TPSA) is 15.3 Å². The van der Waals surface area contributed by atoms with Crippen LogP contribution >= 0.6 is 22.9 Å². The van der Waals surface area contributed by atoms with Gasteiger partial charge in [0.05, 0.1) is 4.34 Å². The second kappa shape index (κ2) is 7.26. The van der Waals surface area contributed by atoms with E-state index in [1.165, 1.54) is 11.3 Å². The van der Waals surface area contributed by atoms with E-state index >= 15 is 0 Å². The maximum Gasteiger partial charge on any atom is 0.0931 e. The minimum absolute atomic E-state index is 0.624. The summed E-state index contributed by atoms with van der Waals surface area (Å²) in [5.74, 6) is 1.43. The summed E-state index contributed by atoms with van der Waals surface area (Å²) in [4.78, 5) is 4.03. The summed E-state index contributed by atoms with van der Waals surface area (Å²) in [6, 6.07) is 5.43. The number of piperazine rings is 1. The number of halogens is 1. The first-order valence-electron chi connectivity index (χ1n) is 7.67. The van der Waals surface area contributed by atoms with Crippen molar-refractivity contribution in [1.82, 2.24) is 10.2 Å². The molecule has 1 fully saturated rings. The van der Waals surface area contributed by atoms with E-state index in [2.05, 4.69) is 44.0 Å². The van der Waals surface area contributed by atoms with Gasteiger partial charge in [0.15, 0.2) is 0 Å². The van der Waals surface area contributed by atoms with Crippen LogP contribution in [0.1, 0.15) is 39.0 Å². The fourth-order valence-electron chi connectivity index (χ4n) is 3.10. The molecule has 20 heavy (non-hydrogen) atoms. The Kier molecular flexibility index (Phi) is 5.91. The van der Waals surface area contributed by atoms with Crippen LogP contribution < -0.4 is 5.32 Å². The third-order valence-electron chi connectivity index (χ3n) is 4.05. The van der Waals surface area contributed by atoms with Crippen molar-refractivity contribution in [2.45, 2.75) is 52.7 Å². The zero-order chi connectivity index (χ0) is 14.7. The lowest BCUT2D eigenvalue weighted by Crippen LogP contribution is -2.57. The van der Waals surface area contributed by atoms with Gasteiger partial charge >= 0.3 is 0 Å². The Morgan fingerprint density at radius 2 is 2.10 bits per heavy atom. The lowest BCUT2D eigenvalue weighted by Gasteiger charge is -2.42. The highest BCUT2D eigenvalue weighted by Gasteiger charge is 2.30. The van der Waals surface area contributed by atoms with Crippen molar-refractivity contribution < 1.29 is 0 Å². The van der Waals surface area contributed by atoms with Crippen molar-refractivity contribution in [3.8, 4) is 0 Å². The number of nitrogens with zero attached hydrogens (tertiary/aromatic N) is 1. The van der Waals surface area contributed by atoms with Crippen LogP contribution in [-0.2, 0) is 6.54 Å². The van der Waals surface area contributed by atoms with Gasteiger partial charge in [-0.3, -0.25) is 4.90 Å². The van der Waals surface area contributed by atoms with Crippen LogP contribution in [0.2, 0.25) is 4.34 Å². The quantitative estimate of drug-likeness (QED) is 0.874. The van der Waals surface area contributed by atoms with Crippen molar-refractivity contribution in [2.75, 3.05) is 13.1 Å². The molecule has 2 atom stereocenters. The number of nitrogens with one attached hydrogen (secondary N) is 1. The molecule has 1 aliphatic rings. The predicted molar refractivity (Wildman–Crippen MR) is 89.6 cm³/mol. The summed E-state index contributed by atoms with van der Waals surface area (Å²) in [6.45, 7) is 12.5. The Labute approximate surface area is 132 Å². The minimum atomic E-state index is 0.624. The van der Waals surface area contributed by atoms with Crippen LogP contribution in [0.3, 0.4) is 0 Å². The fraction of sp³-hybridized carbons (Fsp3) is 0.750. The van der Waals surface area contributed by atoms with Crippen LogP contribution in [0, 0.1) is 11.8 Å². The Morgan fingerprint density at radius 3 is 2.65 bits per heavy atom. The third-order valence-corrected chi connectivity index (χ3v) is 5.27. The van der Waals surface area contributed by atoms with E-state index in [-0.39, 0.29) is 0 Å². The van der Waals surface area contributed by atoms with Crippen molar-refractivity contribution >= 4 is 22.9 Å². The highest BCUT2D eigenvalue weighted by molar-refractivity contribution is 7.16. The molecule has 4 heteroatoms. The standard InChI is InChI=1S/C16H27ClN2S/c1-11(2)7-13-9-19(15(8-18-13)12(3)4)10-14-5-6-16(17)20-14/h5-6,11-13,15,18H,7-10H2,1-4H3. The van der Waals surface area contributed by atoms with Gasteiger partial charge < -0.3 is 5.32 Å². The molecule has 0 spiro atoms. The van der Waals surface area contributed by atoms with Crippen LogP contribution in [0.5, 0.6) is 0 Å². The van der Waals surface area contributed by atoms with E-state index in [0.29, 0.717) is 18.0 Å². The van der Waals surface area contributed by atoms with Gasteiger partial charge in [-0.15, -0.1) is 11.3 Å². The highest BCUT2D eigenvalue weighted by Crippen LogP contribution is 2.26. The maximum atomic E-state index is 6.06. The zero-order valence-corrected chi connectivity index (χ0v) is 14.6. The first-order chi connectivity index (χ1) is 9.45. The predicted octanol–water partition coefficient (Wildman–Crippen LogP) is 4.25. The van der Waals surface area contributed by atoms with Crippen molar-refractivity contribution in [3.05, 3.63) is 21.3 Å². The highest BCUT2D eigenvalue weighted by atomic mass is 35.5. The van der Waals surface area contributed by atoms with E-state index < -0.39 is 0 Å². The third kappa shape index (κ3) is 4.45. The van der Waals surface area contributed by atoms with E-state index in [9.17, 15) is 0 Å². The van der Waals surface area contributed by atoms with E-state index in [0.717, 1.165) is 29.9 Å². The molecule has 0 aromatic carbocycles. The Bertz CT molecular complexity index is 416. The largest absolute Gasteiger partial charge is 0.311 e. The molecule has 2 unspecified atom stereocenters. The molecule has 0 amide bonds. The lowest BCUT2D eigenvalue weighted by molar-refractivity contribution is 0.0862. The fourth-order valence-corrected chi connectivity index (χ4v) is 4.22. The normalized spacial score (nSPS) is 24.8. The summed E-state index contributed by atoms with van der Waals surface area (Å²) < 4.78 is 0.898. The number of thiophene rings is 1. The molecule has 0 saturated carbocycles. The Morgan fingerprint density at radius 1 is 1.35 bits per heavy atom. The second-order valence-electron chi connectivity index (χ2n) is 6.68. The molecular formula is C16H27ClN2S. The minimum Gasteiger partial charge on any atom is -0.311 e. The molecule has 1 aromatic rings. The molecule has 1 N–H and O–H groups in total. The van der Waals surface area contributed by atoms with E-state index in [1.54, 1.807) is 11.3 Å². The molecule has 1 aliphatic heterocycles. The van der Waals surface area contributed by atoms with Gasteiger partial charge in [0.25, 0.3) is 0 Å². The SMILES string of the molecule is CC(C)CC1CN(Cc2ccc(Cl)s2)C(C(C)C)CN1. The van der Waals surface area contributed by atoms with Gasteiger partial charge in [0.1, 0.15) is 0 Å². The first kappa shape index (κ1) is 16.3. The molecular weight excluding hydrogens is 288 g/mol. The van der Waals surface area contributed by atoms with Gasteiger partial charge in [-0.1, -0.05) is 39.3 Å². The number of hydrogen-bond donors (Lipinski definition) is 1. The summed E-state index contributed by atoms with van der Waals surface area (Å²) in [6.07, 6.45) is 1.26. The van der Waals surface area contributed by atoms with Gasteiger partial charge in [-0.05, 0) is 30.4 Å². The van der Waals surface area contributed by atoms with Gasteiger partial charge in [-0.2, -0.15) is 0 Å². The van der Waals surface area contributed by atoms with E-state index in [4.69, 9.17) is 11.6 Å². The molecule has 0 radical (unpaired) electrons. The second-order valence-corrected chi connectivity index (χ2v) is 8.48. The van der Waals surface area contributed by atoms with E-state index in [1.807, 2.05) is 6.07 Å². The summed E-state index contributed by atoms with van der Waals surface area (Å²) in [5, 5.41) is 3.74. The monoisotopic (exact) mass is 314 g/mol. The molecule has 2 rings (SSSR count). The van der Waals surface area contributed by atoms with Gasteiger partial charge in [0, 0.05) is 36.6 Å². The van der Waals surface area contributed by atoms with Crippen molar-refractivity contribution in [1.29, 1.82) is 0 Å². The molecule has 1 aromatic heterocycles. The lowest BCUT2D eigenvalue weighted by atomic mass is 9.95. The smallest absolute Gasteiger partial charge is 0.0931 e. The molecule has 0 aliphatic carbocycles. The van der Waals surface area contributed by atoms with Crippen LogP contribution in [-0.4, -0.2) is 30.1 Å². The summed E-state index contributed by atoms with van der Waals surface area (Å²) in [7, 11) is 0. The average molecular weight is 315 g/mol. The van der Waals surface area contributed by atoms with Gasteiger partial charge in [-0.25, -0.2) is 0 Å². The van der Waals surface area contributed by atoms with Gasteiger partial charge in [0.2, 0.25) is 0 Å². The molecule has 2 nitrogen and oxygen atoms in total. The number of rotatable bonds is 5. The Hall–Kier alpha value is -0.0900. The molecule has 2 heterocycles. The number of hydrogen-bond acceptors (Lipinski definition) is 3. The molecule has 1 saturated heterocycles. The van der Waals surface area contributed by atoms with Crippen LogP contribution in [0.4, 0.5) is 0 Å². The average Bonchev–Trinajstić information content (AvgIpc) is 2.73. The maximum absolute atomic E-state index is 6.06. The summed E-state index contributed by atoms with van der Waals surface area (Å²) in [5.41, 5.74) is 0. The first-order valence-corrected chi connectivity index (χ1v) is 8.86. The van der Waals surface area contributed by atoms with Crippen LogP contribution in [0.25, 0.3) is 0 Å².